The van der Waals surface area contributed by atoms with Crippen LogP contribution in [0.15, 0.2) is 30.3 Å². The minimum Gasteiger partial charge on any atom is -0.387 e. The smallest absolute Gasteiger partial charge is 0.130 e. The highest BCUT2D eigenvalue weighted by molar-refractivity contribution is 5.27. The summed E-state index contributed by atoms with van der Waals surface area (Å²) in [6, 6.07) is 9.34. The topological polar surface area (TPSA) is 52.5 Å². The number of hydrogen-bond donors (Lipinski definition) is 3. The zero-order valence-corrected chi connectivity index (χ0v) is 8.90. The van der Waals surface area contributed by atoms with Crippen molar-refractivity contribution in [2.24, 2.45) is 0 Å². The van der Waals surface area contributed by atoms with Gasteiger partial charge < -0.3 is 15.5 Å². The number of piperidine rings is 1. The second kappa shape index (κ2) is 3.59. The van der Waals surface area contributed by atoms with Gasteiger partial charge in [-0.1, -0.05) is 30.3 Å². The lowest BCUT2D eigenvalue weighted by molar-refractivity contribution is -0.162. The summed E-state index contributed by atoms with van der Waals surface area (Å²) in [5.41, 5.74) is -1.49. The lowest BCUT2D eigenvalue weighted by Gasteiger charge is -2.45. The molecule has 1 fully saturated rings. The second-order valence-electron chi connectivity index (χ2n) is 4.43. The minimum absolute atomic E-state index is 0.393. The molecule has 1 heterocycles. The zero-order chi connectivity index (χ0) is 10.9. The monoisotopic (exact) mass is 207 g/mol. The molecule has 1 aliphatic rings. The van der Waals surface area contributed by atoms with Gasteiger partial charge in [-0.15, -0.1) is 0 Å². The molecule has 3 N–H and O–H groups in total. The van der Waals surface area contributed by atoms with Crippen LogP contribution in [0.1, 0.15) is 18.9 Å². The molecule has 0 unspecified atom stereocenters. The first kappa shape index (κ1) is 10.6. The summed E-state index contributed by atoms with van der Waals surface area (Å²) in [7, 11) is 0. The Kier molecular flexibility index (Phi) is 2.54. The third-order valence-electron chi connectivity index (χ3n) is 3.31. The van der Waals surface area contributed by atoms with E-state index in [0.717, 1.165) is 12.1 Å². The van der Waals surface area contributed by atoms with Crippen LogP contribution in [0.2, 0.25) is 0 Å². The van der Waals surface area contributed by atoms with Gasteiger partial charge in [0.25, 0.3) is 0 Å². The highest BCUT2D eigenvalue weighted by atomic mass is 16.4. The van der Waals surface area contributed by atoms with Crippen LogP contribution in [0.3, 0.4) is 0 Å². The highest BCUT2D eigenvalue weighted by Crippen LogP contribution is 2.36. The average Bonchev–Trinajstić information content (AvgIpc) is 2.24. The molecular weight excluding hydrogens is 190 g/mol. The summed E-state index contributed by atoms with van der Waals surface area (Å²) < 4.78 is 0. The van der Waals surface area contributed by atoms with Gasteiger partial charge in [0.1, 0.15) is 5.60 Å². The Morgan fingerprint density at radius 3 is 2.47 bits per heavy atom. The fourth-order valence-electron chi connectivity index (χ4n) is 2.13. The van der Waals surface area contributed by atoms with Crippen LogP contribution in [0.4, 0.5) is 0 Å². The molecule has 0 saturated carbocycles. The Morgan fingerprint density at radius 2 is 1.87 bits per heavy atom. The molecule has 3 heteroatoms. The third-order valence-corrected chi connectivity index (χ3v) is 3.31. The van der Waals surface area contributed by atoms with Crippen molar-refractivity contribution in [3.05, 3.63) is 35.9 Å². The first-order valence-corrected chi connectivity index (χ1v) is 5.27. The molecule has 15 heavy (non-hydrogen) atoms. The second-order valence-corrected chi connectivity index (χ2v) is 4.43. The van der Waals surface area contributed by atoms with Gasteiger partial charge in [0, 0.05) is 6.54 Å². The number of rotatable bonds is 1. The molecule has 2 rings (SSSR count). The molecule has 0 spiro atoms. The van der Waals surface area contributed by atoms with Crippen molar-refractivity contribution in [1.29, 1.82) is 0 Å². The maximum Gasteiger partial charge on any atom is 0.130 e. The van der Waals surface area contributed by atoms with Crippen LogP contribution >= 0.6 is 0 Å². The third kappa shape index (κ3) is 1.67. The number of hydrogen-bond acceptors (Lipinski definition) is 3. The van der Waals surface area contributed by atoms with Gasteiger partial charge in [-0.2, -0.15) is 0 Å². The van der Waals surface area contributed by atoms with E-state index in [9.17, 15) is 10.2 Å². The summed E-state index contributed by atoms with van der Waals surface area (Å²) >= 11 is 0. The Hall–Kier alpha value is -0.900. The fraction of sp³-hybridized carbons (Fsp3) is 0.500. The molecule has 0 aromatic heterocycles. The first-order chi connectivity index (χ1) is 7.06. The zero-order valence-electron chi connectivity index (χ0n) is 8.90. The molecule has 0 aliphatic carbocycles. The molecule has 82 valence electrons. The normalized spacial score (nSPS) is 36.5. The van der Waals surface area contributed by atoms with E-state index in [4.69, 9.17) is 0 Å². The van der Waals surface area contributed by atoms with Crippen molar-refractivity contribution in [3.63, 3.8) is 0 Å². The lowest BCUT2D eigenvalue weighted by Crippen LogP contribution is -2.60. The van der Waals surface area contributed by atoms with Gasteiger partial charge in [-0.25, -0.2) is 0 Å². The summed E-state index contributed by atoms with van der Waals surface area (Å²) in [4.78, 5) is 0. The molecule has 2 atom stereocenters. The van der Waals surface area contributed by atoms with Crippen molar-refractivity contribution in [3.8, 4) is 0 Å². The lowest BCUT2D eigenvalue weighted by atomic mass is 9.74. The predicted octanol–water partition coefficient (Wildman–Crippen LogP) is 0.618. The van der Waals surface area contributed by atoms with E-state index in [1.54, 1.807) is 6.92 Å². The van der Waals surface area contributed by atoms with Gasteiger partial charge in [-0.3, -0.25) is 0 Å². The van der Waals surface area contributed by atoms with Gasteiger partial charge in [0.05, 0.1) is 5.60 Å². The van der Waals surface area contributed by atoms with Crippen LogP contribution < -0.4 is 5.32 Å². The van der Waals surface area contributed by atoms with E-state index in [1.165, 1.54) is 0 Å². The number of β-amino-alcohol motifs (C(OH)–C–C–N with tert-alkyl or cyclic N) is 1. The van der Waals surface area contributed by atoms with Gasteiger partial charge in [0.15, 0.2) is 0 Å². The van der Waals surface area contributed by atoms with Crippen LogP contribution in [0.25, 0.3) is 0 Å². The molecular formula is C12H17NO2. The summed E-state index contributed by atoms with van der Waals surface area (Å²) in [5.74, 6) is 0. The van der Waals surface area contributed by atoms with E-state index in [-0.39, 0.29) is 0 Å². The predicted molar refractivity (Wildman–Crippen MR) is 58.4 cm³/mol. The van der Waals surface area contributed by atoms with Crippen molar-refractivity contribution in [2.45, 2.75) is 24.5 Å². The number of aliphatic hydroxyl groups is 2. The van der Waals surface area contributed by atoms with E-state index in [0.29, 0.717) is 13.0 Å². The maximum absolute atomic E-state index is 10.6. The molecule has 1 aromatic carbocycles. The Morgan fingerprint density at radius 1 is 1.20 bits per heavy atom. The largest absolute Gasteiger partial charge is 0.387 e. The summed E-state index contributed by atoms with van der Waals surface area (Å²) in [5, 5.41) is 23.9. The van der Waals surface area contributed by atoms with Crippen molar-refractivity contribution in [2.75, 3.05) is 13.1 Å². The minimum atomic E-state index is -1.19. The van der Waals surface area contributed by atoms with E-state index in [1.807, 2.05) is 30.3 Å². The van der Waals surface area contributed by atoms with Gasteiger partial charge >= 0.3 is 0 Å². The van der Waals surface area contributed by atoms with Crippen LogP contribution in [-0.2, 0) is 5.60 Å². The first-order valence-electron chi connectivity index (χ1n) is 5.27. The molecule has 0 radical (unpaired) electrons. The Bertz CT molecular complexity index is 337. The van der Waals surface area contributed by atoms with Crippen LogP contribution in [0.5, 0.6) is 0 Å². The highest BCUT2D eigenvalue weighted by Gasteiger charge is 2.48. The summed E-state index contributed by atoms with van der Waals surface area (Å²) in [6.45, 7) is 2.83. The van der Waals surface area contributed by atoms with Gasteiger partial charge in [0.2, 0.25) is 0 Å². The van der Waals surface area contributed by atoms with Crippen molar-refractivity contribution >= 4 is 0 Å². The quantitative estimate of drug-likeness (QED) is 0.632. The Labute approximate surface area is 89.8 Å². The number of nitrogens with one attached hydrogen (secondary N) is 1. The van der Waals surface area contributed by atoms with E-state index >= 15 is 0 Å². The van der Waals surface area contributed by atoms with E-state index < -0.39 is 11.2 Å². The molecule has 3 nitrogen and oxygen atoms in total. The molecule has 1 aromatic rings. The van der Waals surface area contributed by atoms with Crippen molar-refractivity contribution < 1.29 is 10.2 Å². The number of benzene rings is 1. The average molecular weight is 207 g/mol. The maximum atomic E-state index is 10.6. The molecule has 0 amide bonds. The Balaban J connectivity index is 2.40. The summed E-state index contributed by atoms with van der Waals surface area (Å²) in [6.07, 6.45) is 0.554. The SMILES string of the molecule is C[C@@]1(O)CCNC[C@@]1(O)c1ccccc1. The van der Waals surface area contributed by atoms with Crippen LogP contribution in [-0.4, -0.2) is 28.9 Å². The molecule has 1 aliphatic heterocycles. The van der Waals surface area contributed by atoms with Gasteiger partial charge in [-0.05, 0) is 25.5 Å². The van der Waals surface area contributed by atoms with Crippen molar-refractivity contribution in [1.82, 2.24) is 5.32 Å². The van der Waals surface area contributed by atoms with E-state index in [2.05, 4.69) is 5.32 Å². The van der Waals surface area contributed by atoms with Crippen LogP contribution in [0, 0.1) is 0 Å². The molecule has 1 saturated heterocycles. The molecule has 0 bridgehead atoms. The fourth-order valence-corrected chi connectivity index (χ4v) is 2.13. The standard InChI is InChI=1S/C12H17NO2/c1-11(14)7-8-13-9-12(11,15)10-5-3-2-4-6-10/h2-6,13-15H,7-9H2,1H3/t11-,12-/m1/s1.